The highest BCUT2D eigenvalue weighted by Crippen LogP contribution is 2.26. The quantitative estimate of drug-likeness (QED) is 0.614. The number of rotatable bonds is 1. The van der Waals surface area contributed by atoms with Crippen LogP contribution >= 0.6 is 15.9 Å². The van der Waals surface area contributed by atoms with Gasteiger partial charge in [-0.3, -0.25) is 5.21 Å². The number of hydrogen-bond donors (Lipinski definition) is 1. The molecule has 0 saturated heterocycles. The molecule has 15 heavy (non-hydrogen) atoms. The molecule has 0 saturated carbocycles. The van der Waals surface area contributed by atoms with E-state index in [1.54, 1.807) is 0 Å². The molecule has 0 aliphatic carbocycles. The number of halogens is 1. The lowest BCUT2D eigenvalue weighted by Crippen LogP contribution is -2.31. The van der Waals surface area contributed by atoms with Crippen LogP contribution in [0.3, 0.4) is 0 Å². The summed E-state index contributed by atoms with van der Waals surface area (Å²) in [5.74, 6) is 0. The molecule has 0 spiro atoms. The van der Waals surface area contributed by atoms with Crippen LogP contribution in [0.15, 0.2) is 28.7 Å². The van der Waals surface area contributed by atoms with Gasteiger partial charge in [0.15, 0.2) is 0 Å². The molecule has 80 valence electrons. The van der Waals surface area contributed by atoms with Gasteiger partial charge in [-0.15, -0.1) is 0 Å². The lowest BCUT2D eigenvalue weighted by Gasteiger charge is -2.08. The Bertz CT molecular complexity index is 406. The molecule has 1 heterocycles. The van der Waals surface area contributed by atoms with Crippen LogP contribution in [-0.4, -0.2) is 21.2 Å². The number of hydroxylamine groups is 1. The van der Waals surface area contributed by atoms with Crippen molar-refractivity contribution in [3.8, 4) is 0 Å². The van der Waals surface area contributed by atoms with Gasteiger partial charge in [0.1, 0.15) is 0 Å². The second kappa shape index (κ2) is 3.63. The summed E-state index contributed by atoms with van der Waals surface area (Å²) >= 11 is 3.41. The molecular weight excluding hydrogens is 254 g/mol. The number of nitrogens with zero attached hydrogens (tertiary/aromatic N) is 1. The zero-order valence-corrected chi connectivity index (χ0v) is 10.6. The average Bonchev–Trinajstić information content (AvgIpc) is 2.45. The smallest absolute Gasteiger partial charge is 0.235 e. The van der Waals surface area contributed by atoms with E-state index in [1.807, 2.05) is 24.3 Å². The molecule has 0 radical (unpaired) electrons. The van der Waals surface area contributed by atoms with Crippen LogP contribution in [-0.2, 0) is 0 Å². The van der Waals surface area contributed by atoms with Gasteiger partial charge in [-0.2, -0.15) is 0 Å². The number of hydrogen-bond acceptors (Lipinski definition) is 1. The molecule has 0 amide bonds. The van der Waals surface area contributed by atoms with E-state index in [1.165, 1.54) is 4.74 Å². The summed E-state index contributed by atoms with van der Waals surface area (Å²) < 4.78 is 2.48. The minimum Gasteiger partial charge on any atom is -0.290 e. The summed E-state index contributed by atoms with van der Waals surface area (Å²) in [6.45, 7) is 4.11. The van der Waals surface area contributed by atoms with Crippen LogP contribution in [0.4, 0.5) is 0 Å². The molecule has 1 aromatic rings. The van der Waals surface area contributed by atoms with Crippen LogP contribution in [0.25, 0.3) is 0 Å². The van der Waals surface area contributed by atoms with Gasteiger partial charge < -0.3 is 0 Å². The molecule has 1 N–H and O–H groups in total. The largest absolute Gasteiger partial charge is 0.290 e. The van der Waals surface area contributed by atoms with Gasteiger partial charge in [0, 0.05) is 36.7 Å². The molecule has 0 atom stereocenters. The van der Waals surface area contributed by atoms with E-state index < -0.39 is 0 Å². The Kier molecular flexibility index (Phi) is 2.59. The van der Waals surface area contributed by atoms with Gasteiger partial charge >= 0.3 is 0 Å². The number of benzene rings is 1. The van der Waals surface area contributed by atoms with Crippen molar-refractivity contribution in [1.82, 2.24) is 0 Å². The summed E-state index contributed by atoms with van der Waals surface area (Å²) in [6.07, 6.45) is 1.93. The van der Waals surface area contributed by atoms with Crippen molar-refractivity contribution in [1.29, 1.82) is 0 Å². The Labute approximate surface area is 98.3 Å². The molecular formula is C12H15BrNO+. The van der Waals surface area contributed by atoms with Crippen LogP contribution in [0.5, 0.6) is 0 Å². The highest BCUT2D eigenvalue weighted by molar-refractivity contribution is 9.10. The predicted octanol–water partition coefficient (Wildman–Crippen LogP) is 3.21. The third-order valence-corrected chi connectivity index (χ3v) is 3.51. The Morgan fingerprint density at radius 2 is 1.87 bits per heavy atom. The molecule has 0 fully saturated rings. The van der Waals surface area contributed by atoms with Gasteiger partial charge in [0.25, 0.3) is 0 Å². The van der Waals surface area contributed by atoms with Gasteiger partial charge in [0.2, 0.25) is 11.3 Å². The topological polar surface area (TPSA) is 23.2 Å². The molecule has 0 unspecified atom stereocenters. The van der Waals surface area contributed by atoms with Crippen LogP contribution < -0.4 is 0 Å². The third kappa shape index (κ3) is 1.93. The van der Waals surface area contributed by atoms with Crippen LogP contribution in [0.1, 0.15) is 32.3 Å². The minimum atomic E-state index is -0.137. The van der Waals surface area contributed by atoms with E-state index >= 15 is 0 Å². The lowest BCUT2D eigenvalue weighted by atomic mass is 10.0. The summed E-state index contributed by atoms with van der Waals surface area (Å²) in [5.41, 5.74) is 1.99. The molecule has 1 aliphatic rings. The highest BCUT2D eigenvalue weighted by Gasteiger charge is 2.41. The van der Waals surface area contributed by atoms with E-state index in [-0.39, 0.29) is 5.54 Å². The monoisotopic (exact) mass is 268 g/mol. The Morgan fingerprint density at radius 3 is 2.33 bits per heavy atom. The Balaban J connectivity index is 2.41. The van der Waals surface area contributed by atoms with E-state index in [9.17, 15) is 5.21 Å². The molecule has 2 nitrogen and oxygen atoms in total. The fourth-order valence-electron chi connectivity index (χ4n) is 1.91. The van der Waals surface area contributed by atoms with E-state index in [4.69, 9.17) is 0 Å². The summed E-state index contributed by atoms with van der Waals surface area (Å²) in [4.78, 5) is 0. The Morgan fingerprint density at radius 1 is 1.27 bits per heavy atom. The fraction of sp³-hybridized carbons (Fsp3) is 0.417. The first-order valence-corrected chi connectivity index (χ1v) is 5.91. The van der Waals surface area contributed by atoms with Crippen LogP contribution in [0.2, 0.25) is 0 Å². The van der Waals surface area contributed by atoms with E-state index in [0.29, 0.717) is 0 Å². The molecule has 2 rings (SSSR count). The first-order chi connectivity index (χ1) is 7.00. The zero-order chi connectivity index (χ0) is 11.1. The lowest BCUT2D eigenvalue weighted by molar-refractivity contribution is -0.816. The maximum atomic E-state index is 10.0. The van der Waals surface area contributed by atoms with Gasteiger partial charge in [-0.05, 0) is 29.0 Å². The fourth-order valence-corrected chi connectivity index (χ4v) is 2.17. The van der Waals surface area contributed by atoms with Crippen molar-refractivity contribution < 1.29 is 9.95 Å². The maximum Gasteiger partial charge on any atom is 0.235 e. The summed E-state index contributed by atoms with van der Waals surface area (Å²) in [5, 5.41) is 10.0. The van der Waals surface area contributed by atoms with Crippen molar-refractivity contribution in [2.45, 2.75) is 32.2 Å². The molecule has 3 heteroatoms. The van der Waals surface area contributed by atoms with Crippen molar-refractivity contribution in [3.63, 3.8) is 0 Å². The van der Waals surface area contributed by atoms with Crippen molar-refractivity contribution in [2.24, 2.45) is 0 Å². The normalized spacial score (nSPS) is 19.7. The van der Waals surface area contributed by atoms with E-state index in [0.717, 1.165) is 28.6 Å². The second-order valence-electron chi connectivity index (χ2n) is 4.58. The zero-order valence-electron chi connectivity index (χ0n) is 9.00. The predicted molar refractivity (Wildman–Crippen MR) is 63.6 cm³/mol. The molecule has 0 bridgehead atoms. The first-order valence-electron chi connectivity index (χ1n) is 5.11. The molecule has 1 aromatic carbocycles. The van der Waals surface area contributed by atoms with Gasteiger partial charge in [-0.25, -0.2) is 0 Å². The third-order valence-electron chi connectivity index (χ3n) is 2.98. The van der Waals surface area contributed by atoms with Crippen molar-refractivity contribution in [3.05, 3.63) is 34.3 Å². The maximum absolute atomic E-state index is 10.0. The summed E-state index contributed by atoms with van der Waals surface area (Å²) in [6, 6.07) is 8.07. The second-order valence-corrected chi connectivity index (χ2v) is 5.49. The van der Waals surface area contributed by atoms with Crippen molar-refractivity contribution in [2.75, 3.05) is 0 Å². The van der Waals surface area contributed by atoms with E-state index in [2.05, 4.69) is 29.8 Å². The first kappa shape index (κ1) is 10.7. The highest BCUT2D eigenvalue weighted by atomic mass is 79.9. The van der Waals surface area contributed by atoms with Gasteiger partial charge in [-0.1, -0.05) is 15.9 Å². The SMILES string of the molecule is CC1(C)CCC(c2ccc(Br)cc2)=[N+]1O. The van der Waals surface area contributed by atoms with Gasteiger partial charge in [0.05, 0.1) is 0 Å². The summed E-state index contributed by atoms with van der Waals surface area (Å²) in [7, 11) is 0. The van der Waals surface area contributed by atoms with Crippen LogP contribution in [0, 0.1) is 0 Å². The van der Waals surface area contributed by atoms with Crippen molar-refractivity contribution >= 4 is 21.6 Å². The minimum absolute atomic E-state index is 0.137. The molecule has 1 aliphatic heterocycles. The Hall–Kier alpha value is -0.830. The average molecular weight is 269 g/mol. The standard InChI is InChI=1S/C12H15BrNO/c1-12(2)8-7-11(14(12)15)9-3-5-10(13)6-4-9/h3-6,15H,7-8H2,1-2H3/q+1. The molecule has 0 aromatic heterocycles.